The van der Waals surface area contributed by atoms with Gasteiger partial charge in [-0.3, -0.25) is 0 Å². The normalized spacial score (nSPS) is 53.1. The fraction of sp³-hybridized carbons (Fsp3) is 1.00. The maximum absolute atomic E-state index is 10.2. The Morgan fingerprint density at radius 1 is 1.31 bits per heavy atom. The molecule has 0 aromatic carbocycles. The Kier molecular flexibility index (Phi) is 3.39. The quantitative estimate of drug-likeness (QED) is 0.605. The average Bonchev–Trinajstić information content (AvgIpc) is 2.63. The van der Waals surface area contributed by atoms with Gasteiger partial charge in [0, 0.05) is 12.8 Å². The standard InChI is InChI=1S/C12H22NO2.BrH/c1-3-4-5-13(2)9-6-8-7-10(13)12(15-8)11(9)14;/h8-12,14H,3-7H2,1-2H3;1H/q+1;/p-1. The predicted molar refractivity (Wildman–Crippen MR) is 57.4 cm³/mol. The molecule has 4 aliphatic heterocycles. The van der Waals surface area contributed by atoms with E-state index in [1.165, 1.54) is 25.8 Å². The number of ether oxygens (including phenoxy) is 1. The lowest BCUT2D eigenvalue weighted by Gasteiger charge is -2.44. The van der Waals surface area contributed by atoms with E-state index in [0.717, 1.165) is 10.9 Å². The summed E-state index contributed by atoms with van der Waals surface area (Å²) in [5.41, 5.74) is 0. The van der Waals surface area contributed by atoms with Crippen molar-refractivity contribution >= 4 is 0 Å². The van der Waals surface area contributed by atoms with E-state index in [0.29, 0.717) is 18.2 Å². The Balaban J connectivity index is 0.000000963. The largest absolute Gasteiger partial charge is 1.00 e. The number of unbranched alkanes of at least 4 members (excludes halogenated alkanes) is 1. The maximum atomic E-state index is 10.2. The molecule has 4 aliphatic rings. The third kappa shape index (κ3) is 1.50. The zero-order chi connectivity index (χ0) is 10.6. The molecule has 16 heavy (non-hydrogen) atoms. The van der Waals surface area contributed by atoms with Gasteiger partial charge < -0.3 is 31.3 Å². The second-order valence-electron chi connectivity index (χ2n) is 5.74. The summed E-state index contributed by atoms with van der Waals surface area (Å²) in [4.78, 5) is 0. The van der Waals surface area contributed by atoms with Crippen molar-refractivity contribution in [1.29, 1.82) is 0 Å². The molecule has 4 bridgehead atoms. The Hall–Kier alpha value is 0.360. The Labute approximate surface area is 108 Å². The maximum Gasteiger partial charge on any atom is 0.141 e. The zero-order valence-electron chi connectivity index (χ0n) is 10.1. The highest BCUT2D eigenvalue weighted by atomic mass is 79.9. The summed E-state index contributed by atoms with van der Waals surface area (Å²) in [6.07, 6.45) is 5.19. The topological polar surface area (TPSA) is 29.5 Å². The summed E-state index contributed by atoms with van der Waals surface area (Å²) in [7, 11) is 2.33. The van der Waals surface area contributed by atoms with Crippen molar-refractivity contribution in [2.24, 2.45) is 0 Å². The number of likely N-dealkylation sites (N-methyl/N-ethyl adjacent to an activating group) is 1. The smallest absolute Gasteiger partial charge is 0.141 e. The van der Waals surface area contributed by atoms with Crippen LogP contribution in [0, 0.1) is 0 Å². The van der Waals surface area contributed by atoms with Crippen LogP contribution in [0.3, 0.4) is 0 Å². The molecular formula is C12H22BrNO2. The Morgan fingerprint density at radius 2 is 2.00 bits per heavy atom. The highest BCUT2D eigenvalue weighted by molar-refractivity contribution is 5.04. The lowest BCUT2D eigenvalue weighted by atomic mass is 9.96. The van der Waals surface area contributed by atoms with Gasteiger partial charge in [-0.05, 0) is 6.42 Å². The van der Waals surface area contributed by atoms with Gasteiger partial charge in [0.2, 0.25) is 0 Å². The first kappa shape index (κ1) is 12.8. The minimum absolute atomic E-state index is 0. The summed E-state index contributed by atoms with van der Waals surface area (Å²) in [5.74, 6) is 0. The molecule has 94 valence electrons. The van der Waals surface area contributed by atoms with E-state index in [-0.39, 0.29) is 29.2 Å². The number of rotatable bonds is 3. The van der Waals surface area contributed by atoms with Crippen molar-refractivity contribution in [2.45, 2.75) is 63.0 Å². The lowest BCUT2D eigenvalue weighted by molar-refractivity contribution is -0.948. The van der Waals surface area contributed by atoms with Gasteiger partial charge in [0.05, 0.1) is 19.7 Å². The molecular weight excluding hydrogens is 270 g/mol. The fourth-order valence-electron chi connectivity index (χ4n) is 4.10. The molecule has 0 amide bonds. The summed E-state index contributed by atoms with van der Waals surface area (Å²) < 4.78 is 6.95. The Morgan fingerprint density at radius 3 is 2.62 bits per heavy atom. The average molecular weight is 292 g/mol. The van der Waals surface area contributed by atoms with Crippen LogP contribution in [0.1, 0.15) is 32.6 Å². The number of piperidine rings is 1. The number of aliphatic hydroxyl groups excluding tert-OH is 1. The zero-order valence-corrected chi connectivity index (χ0v) is 11.7. The van der Waals surface area contributed by atoms with Crippen LogP contribution in [0.15, 0.2) is 0 Å². The van der Waals surface area contributed by atoms with Gasteiger partial charge in [-0.15, -0.1) is 0 Å². The van der Waals surface area contributed by atoms with E-state index in [1.807, 2.05) is 0 Å². The highest BCUT2D eigenvalue weighted by Crippen LogP contribution is 2.49. The number of aliphatic hydroxyl groups is 1. The van der Waals surface area contributed by atoms with Crippen LogP contribution in [0.4, 0.5) is 0 Å². The summed E-state index contributed by atoms with van der Waals surface area (Å²) in [6, 6.07) is 1.04. The molecule has 4 rings (SSSR count). The molecule has 3 nitrogen and oxygen atoms in total. The van der Waals surface area contributed by atoms with Crippen LogP contribution < -0.4 is 17.0 Å². The monoisotopic (exact) mass is 291 g/mol. The molecule has 0 aromatic heterocycles. The van der Waals surface area contributed by atoms with Crippen LogP contribution >= 0.6 is 0 Å². The second kappa shape index (κ2) is 4.23. The number of hydrogen-bond acceptors (Lipinski definition) is 2. The van der Waals surface area contributed by atoms with Gasteiger partial charge in [-0.2, -0.15) is 0 Å². The second-order valence-corrected chi connectivity index (χ2v) is 5.74. The molecule has 0 saturated carbocycles. The molecule has 0 aliphatic carbocycles. The van der Waals surface area contributed by atoms with Crippen LogP contribution in [0.25, 0.3) is 0 Å². The third-order valence-electron chi connectivity index (χ3n) is 4.98. The number of quaternary nitrogens is 1. The first-order chi connectivity index (χ1) is 7.16. The van der Waals surface area contributed by atoms with Crippen molar-refractivity contribution in [2.75, 3.05) is 13.6 Å². The van der Waals surface area contributed by atoms with Gasteiger partial charge in [0.25, 0.3) is 0 Å². The van der Waals surface area contributed by atoms with Crippen molar-refractivity contribution in [3.63, 3.8) is 0 Å². The SMILES string of the molecule is CCCC[N+]1(C)C2CC3CC1C(O3)C2O.[Br-]. The molecule has 0 aromatic rings. The van der Waals surface area contributed by atoms with E-state index in [9.17, 15) is 5.11 Å². The van der Waals surface area contributed by atoms with Crippen LogP contribution in [0.5, 0.6) is 0 Å². The van der Waals surface area contributed by atoms with E-state index in [4.69, 9.17) is 4.74 Å². The Bertz CT molecular complexity index is 272. The van der Waals surface area contributed by atoms with Gasteiger partial charge in [-0.1, -0.05) is 13.3 Å². The van der Waals surface area contributed by atoms with Gasteiger partial charge in [-0.25, -0.2) is 0 Å². The van der Waals surface area contributed by atoms with Gasteiger partial charge >= 0.3 is 0 Å². The predicted octanol–water partition coefficient (Wildman–Crippen LogP) is -2.09. The first-order valence-electron chi connectivity index (χ1n) is 6.35. The van der Waals surface area contributed by atoms with Crippen LogP contribution in [-0.2, 0) is 4.74 Å². The lowest BCUT2D eigenvalue weighted by Crippen LogP contribution is -3.00. The van der Waals surface area contributed by atoms with Crippen molar-refractivity contribution < 1.29 is 31.3 Å². The fourth-order valence-corrected chi connectivity index (χ4v) is 4.10. The van der Waals surface area contributed by atoms with Gasteiger partial charge in [0.1, 0.15) is 24.3 Å². The molecule has 4 fully saturated rings. The van der Waals surface area contributed by atoms with Crippen molar-refractivity contribution in [3.05, 3.63) is 0 Å². The molecule has 4 heterocycles. The molecule has 0 spiro atoms. The first-order valence-corrected chi connectivity index (χ1v) is 6.35. The van der Waals surface area contributed by atoms with E-state index < -0.39 is 0 Å². The third-order valence-corrected chi connectivity index (χ3v) is 4.98. The number of hydrogen-bond donors (Lipinski definition) is 1. The summed E-state index contributed by atoms with van der Waals surface area (Å²) >= 11 is 0. The minimum atomic E-state index is -0.199. The molecule has 4 heteroatoms. The van der Waals surface area contributed by atoms with E-state index >= 15 is 0 Å². The molecule has 1 N–H and O–H groups in total. The molecule has 6 unspecified atom stereocenters. The summed E-state index contributed by atoms with van der Waals surface area (Å²) in [5, 5.41) is 10.2. The highest BCUT2D eigenvalue weighted by Gasteiger charge is 2.67. The van der Waals surface area contributed by atoms with Gasteiger partial charge in [0.15, 0.2) is 0 Å². The summed E-state index contributed by atoms with van der Waals surface area (Å²) in [6.45, 7) is 3.46. The van der Waals surface area contributed by atoms with Crippen LogP contribution in [-0.4, -0.2) is 53.6 Å². The van der Waals surface area contributed by atoms with Crippen LogP contribution in [0.2, 0.25) is 0 Å². The van der Waals surface area contributed by atoms with E-state index in [1.54, 1.807) is 0 Å². The minimum Gasteiger partial charge on any atom is -1.00 e. The number of halogens is 1. The van der Waals surface area contributed by atoms with Crippen molar-refractivity contribution in [3.8, 4) is 0 Å². The molecule has 4 saturated heterocycles. The van der Waals surface area contributed by atoms with Crippen molar-refractivity contribution in [1.82, 2.24) is 0 Å². The van der Waals surface area contributed by atoms with E-state index in [2.05, 4.69) is 14.0 Å². The molecule has 0 radical (unpaired) electrons. The number of nitrogens with zero attached hydrogens (tertiary/aromatic N) is 1. The molecule has 6 atom stereocenters.